The van der Waals surface area contributed by atoms with Crippen molar-refractivity contribution in [2.75, 3.05) is 69.7 Å². The Morgan fingerprint density at radius 3 is 2.28 bits per heavy atom. The standard InChI is InChI=1S/C35H41N7O4S/c1-40(17-18-41-19-21-46-22-20-41)34(45)27-12-8-11-26(23-27)32(43)38-30-14-13-28(42-15-6-3-7-16-42)24-29(30)33(44)39-35(37)47-31(36)25-9-4-2-5-10-25/h2,4-5,8-14,23-24,36H,3,6-7,15-22H2,1H3,(H,38,43)(H2,37,39,44). The van der Waals surface area contributed by atoms with E-state index < -0.39 is 11.8 Å². The third-order valence-electron chi connectivity index (χ3n) is 8.26. The number of morpholine rings is 1. The van der Waals surface area contributed by atoms with Crippen LogP contribution in [0.5, 0.6) is 0 Å². The predicted octanol–water partition coefficient (Wildman–Crippen LogP) is 4.76. The van der Waals surface area contributed by atoms with E-state index in [4.69, 9.17) is 15.6 Å². The van der Waals surface area contributed by atoms with Gasteiger partial charge in [0.15, 0.2) is 5.17 Å². The summed E-state index contributed by atoms with van der Waals surface area (Å²) in [5.41, 5.74) is 2.66. The monoisotopic (exact) mass is 655 g/mol. The first-order valence-electron chi connectivity index (χ1n) is 15.9. The van der Waals surface area contributed by atoms with Gasteiger partial charge in [-0.1, -0.05) is 36.4 Å². The van der Waals surface area contributed by atoms with Crippen LogP contribution in [0.3, 0.4) is 0 Å². The van der Waals surface area contributed by atoms with Gasteiger partial charge in [0.2, 0.25) is 0 Å². The Bertz CT molecular complexity index is 1600. The number of thioether (sulfide) groups is 1. The number of nitrogens with zero attached hydrogens (tertiary/aromatic N) is 3. The molecule has 2 aliphatic heterocycles. The molecule has 12 heteroatoms. The van der Waals surface area contributed by atoms with Gasteiger partial charge in [0.05, 0.1) is 24.5 Å². The Balaban J connectivity index is 1.29. The number of anilines is 2. The van der Waals surface area contributed by atoms with Crippen molar-refractivity contribution >= 4 is 51.1 Å². The van der Waals surface area contributed by atoms with Crippen LogP contribution in [0.25, 0.3) is 0 Å². The van der Waals surface area contributed by atoms with Crippen LogP contribution >= 0.6 is 11.8 Å². The largest absolute Gasteiger partial charge is 0.379 e. The zero-order valence-corrected chi connectivity index (χ0v) is 27.4. The van der Waals surface area contributed by atoms with E-state index >= 15 is 0 Å². The van der Waals surface area contributed by atoms with E-state index in [-0.39, 0.29) is 32.9 Å². The summed E-state index contributed by atoms with van der Waals surface area (Å²) in [6.45, 7) is 6.10. The first-order valence-corrected chi connectivity index (χ1v) is 16.7. The van der Waals surface area contributed by atoms with Crippen molar-refractivity contribution in [1.82, 2.24) is 15.1 Å². The number of hydrogen-bond acceptors (Lipinski definition) is 9. The number of hydrogen-bond donors (Lipinski definition) is 4. The molecule has 3 amide bonds. The lowest BCUT2D eigenvalue weighted by Crippen LogP contribution is -2.41. The maximum absolute atomic E-state index is 13.6. The molecule has 4 N–H and O–H groups in total. The summed E-state index contributed by atoms with van der Waals surface area (Å²) >= 11 is 0.835. The number of amides is 3. The van der Waals surface area contributed by atoms with E-state index in [9.17, 15) is 14.4 Å². The minimum absolute atomic E-state index is 0.132. The summed E-state index contributed by atoms with van der Waals surface area (Å²) in [5, 5.41) is 22.1. The van der Waals surface area contributed by atoms with Crippen molar-refractivity contribution in [3.63, 3.8) is 0 Å². The molecular formula is C35H41N7O4S. The Labute approximate surface area is 279 Å². The molecule has 5 rings (SSSR count). The van der Waals surface area contributed by atoms with Crippen molar-refractivity contribution in [1.29, 1.82) is 10.8 Å². The maximum Gasteiger partial charge on any atom is 0.259 e. The fraction of sp³-hybridized carbons (Fsp3) is 0.343. The zero-order chi connectivity index (χ0) is 33.2. The molecule has 3 aromatic rings. The molecular weight excluding hydrogens is 614 g/mol. The number of ether oxygens (including phenoxy) is 1. The Morgan fingerprint density at radius 2 is 1.53 bits per heavy atom. The molecule has 0 radical (unpaired) electrons. The average Bonchev–Trinajstić information content (AvgIpc) is 3.11. The van der Waals surface area contributed by atoms with E-state index in [0.717, 1.165) is 69.4 Å². The van der Waals surface area contributed by atoms with Gasteiger partial charge in [-0.15, -0.1) is 0 Å². The molecule has 2 saturated heterocycles. The number of piperidine rings is 1. The molecule has 0 bridgehead atoms. The lowest BCUT2D eigenvalue weighted by Gasteiger charge is -2.29. The number of likely N-dealkylation sites (N-methyl/N-ethyl adjacent to an activating group) is 1. The minimum Gasteiger partial charge on any atom is -0.379 e. The molecule has 0 aromatic heterocycles. The molecule has 2 aliphatic rings. The molecule has 2 fully saturated rings. The van der Waals surface area contributed by atoms with Gasteiger partial charge in [0.1, 0.15) is 5.04 Å². The van der Waals surface area contributed by atoms with Crippen molar-refractivity contribution < 1.29 is 19.1 Å². The van der Waals surface area contributed by atoms with Crippen LogP contribution < -0.4 is 15.5 Å². The number of carbonyl (C=O) groups is 3. The summed E-state index contributed by atoms with van der Waals surface area (Å²) in [5.74, 6) is -1.22. The quantitative estimate of drug-likeness (QED) is 0.193. The second-order valence-corrected chi connectivity index (χ2v) is 12.6. The highest BCUT2D eigenvalue weighted by Gasteiger charge is 2.21. The number of carbonyl (C=O) groups excluding carboxylic acids is 3. The highest BCUT2D eigenvalue weighted by molar-refractivity contribution is 8.26. The van der Waals surface area contributed by atoms with Crippen molar-refractivity contribution in [3.05, 3.63) is 95.1 Å². The molecule has 0 atom stereocenters. The van der Waals surface area contributed by atoms with Crippen LogP contribution in [0.1, 0.15) is 55.9 Å². The van der Waals surface area contributed by atoms with E-state index in [1.54, 1.807) is 60.5 Å². The Hall–Kier alpha value is -4.52. The number of nitrogens with one attached hydrogen (secondary N) is 4. The summed E-state index contributed by atoms with van der Waals surface area (Å²) < 4.78 is 5.40. The van der Waals surface area contributed by atoms with Gasteiger partial charge in [-0.2, -0.15) is 0 Å². The van der Waals surface area contributed by atoms with Gasteiger partial charge in [-0.05, 0) is 67.4 Å². The van der Waals surface area contributed by atoms with Gasteiger partial charge < -0.3 is 25.2 Å². The first-order chi connectivity index (χ1) is 22.8. The lowest BCUT2D eigenvalue weighted by atomic mass is 10.1. The molecule has 3 aromatic carbocycles. The SMILES string of the molecule is CN(CCN1CCOCC1)C(=O)c1cccc(C(=O)Nc2ccc(N3CCCCC3)cc2C(=O)NC(=N)SC(=N)c2ccccc2)c1. The van der Waals surface area contributed by atoms with Crippen molar-refractivity contribution in [2.24, 2.45) is 0 Å². The minimum atomic E-state index is -0.566. The fourth-order valence-electron chi connectivity index (χ4n) is 5.55. The average molecular weight is 656 g/mol. The van der Waals surface area contributed by atoms with Crippen molar-refractivity contribution in [2.45, 2.75) is 19.3 Å². The highest BCUT2D eigenvalue weighted by Crippen LogP contribution is 2.27. The van der Waals surface area contributed by atoms with Crippen LogP contribution in [0.2, 0.25) is 0 Å². The molecule has 0 aliphatic carbocycles. The number of amidine groups is 1. The van der Waals surface area contributed by atoms with Crippen LogP contribution in [-0.4, -0.2) is 97.3 Å². The van der Waals surface area contributed by atoms with Gasteiger partial charge >= 0.3 is 0 Å². The Morgan fingerprint density at radius 1 is 0.830 bits per heavy atom. The predicted molar refractivity (Wildman–Crippen MR) is 187 cm³/mol. The summed E-state index contributed by atoms with van der Waals surface area (Å²) in [6, 6.07) is 20.9. The van der Waals surface area contributed by atoms with E-state index in [2.05, 4.69) is 20.4 Å². The molecule has 246 valence electrons. The fourth-order valence-corrected chi connectivity index (χ4v) is 6.15. The van der Waals surface area contributed by atoms with Crippen LogP contribution in [0.15, 0.2) is 72.8 Å². The zero-order valence-electron chi connectivity index (χ0n) is 26.6. The second kappa shape index (κ2) is 16.3. The van der Waals surface area contributed by atoms with E-state index in [1.165, 1.54) is 0 Å². The number of rotatable bonds is 9. The molecule has 0 spiro atoms. The molecule has 0 saturated carbocycles. The van der Waals surface area contributed by atoms with Gasteiger partial charge in [0.25, 0.3) is 17.7 Å². The van der Waals surface area contributed by atoms with Gasteiger partial charge in [-0.25, -0.2) is 0 Å². The van der Waals surface area contributed by atoms with Crippen LogP contribution in [-0.2, 0) is 4.74 Å². The summed E-state index contributed by atoms with van der Waals surface area (Å²) in [7, 11) is 1.75. The summed E-state index contributed by atoms with van der Waals surface area (Å²) in [6.07, 6.45) is 3.27. The smallest absolute Gasteiger partial charge is 0.259 e. The van der Waals surface area contributed by atoms with Crippen LogP contribution in [0, 0.1) is 10.8 Å². The maximum atomic E-state index is 13.6. The summed E-state index contributed by atoms with van der Waals surface area (Å²) in [4.78, 5) is 46.4. The third-order valence-corrected chi connectivity index (χ3v) is 9.00. The number of benzene rings is 3. The topological polar surface area (TPSA) is 142 Å². The lowest BCUT2D eigenvalue weighted by molar-refractivity contribution is 0.0338. The van der Waals surface area contributed by atoms with E-state index in [1.807, 2.05) is 24.3 Å². The normalized spacial score (nSPS) is 15.0. The first kappa shape index (κ1) is 33.8. The van der Waals surface area contributed by atoms with Gasteiger partial charge in [0, 0.05) is 68.7 Å². The third kappa shape index (κ3) is 9.28. The molecule has 11 nitrogen and oxygen atoms in total. The molecule has 47 heavy (non-hydrogen) atoms. The highest BCUT2D eigenvalue weighted by atomic mass is 32.2. The van der Waals surface area contributed by atoms with Crippen molar-refractivity contribution in [3.8, 4) is 0 Å². The Kier molecular flexibility index (Phi) is 11.8. The molecule has 2 heterocycles. The van der Waals surface area contributed by atoms with Gasteiger partial charge in [-0.3, -0.25) is 30.1 Å². The van der Waals surface area contributed by atoms with E-state index in [0.29, 0.717) is 30.9 Å². The molecule has 0 unspecified atom stereocenters. The van der Waals surface area contributed by atoms with Crippen LogP contribution in [0.4, 0.5) is 11.4 Å². The second-order valence-electron chi connectivity index (χ2n) is 11.6.